The third-order valence-corrected chi connectivity index (χ3v) is 7.88. The maximum atomic E-state index is 13.0. The van der Waals surface area contributed by atoms with Gasteiger partial charge in [0.25, 0.3) is 5.91 Å². The molecule has 1 amide bonds. The van der Waals surface area contributed by atoms with Gasteiger partial charge in [-0.2, -0.15) is 17.5 Å². The van der Waals surface area contributed by atoms with Crippen LogP contribution in [0.25, 0.3) is 10.8 Å². The van der Waals surface area contributed by atoms with E-state index in [4.69, 9.17) is 11.6 Å². The molecule has 0 atom stereocenters. The molecule has 1 aliphatic heterocycles. The summed E-state index contributed by atoms with van der Waals surface area (Å²) in [6, 6.07) is 12.4. The number of phenolic OH excluding ortho intramolecular Hbond substituents is 1. The Kier molecular flexibility index (Phi) is 6.02. The van der Waals surface area contributed by atoms with Crippen molar-refractivity contribution in [2.45, 2.75) is 11.1 Å². The smallest absolute Gasteiger partial charge is 0.416 e. The number of fused-ring (bicyclic) bond motifs is 1. The summed E-state index contributed by atoms with van der Waals surface area (Å²) in [5, 5.41) is 11.5. The number of carbonyl (C=O) groups is 1. The van der Waals surface area contributed by atoms with Gasteiger partial charge in [0.2, 0.25) is 10.0 Å². The SMILES string of the molecule is O=C(c1cc2ccccc2cc1O)N1CCN(S(=O)(=O)c2cc(C(F)(F)F)ccc2Cl)CC1. The largest absolute Gasteiger partial charge is 0.507 e. The minimum atomic E-state index is -4.72. The van der Waals surface area contributed by atoms with Gasteiger partial charge in [0.05, 0.1) is 16.1 Å². The first-order chi connectivity index (χ1) is 15.5. The number of rotatable bonds is 3. The van der Waals surface area contributed by atoms with E-state index in [-0.39, 0.29) is 42.5 Å². The lowest BCUT2D eigenvalue weighted by Gasteiger charge is -2.34. The number of nitrogens with zero attached hydrogens (tertiary/aromatic N) is 2. The molecule has 3 aromatic carbocycles. The fraction of sp³-hybridized carbons (Fsp3) is 0.227. The number of sulfonamides is 1. The topological polar surface area (TPSA) is 77.9 Å². The van der Waals surface area contributed by atoms with Crippen LogP contribution in [0.3, 0.4) is 0 Å². The summed E-state index contributed by atoms with van der Waals surface area (Å²) in [6.45, 7) is -0.258. The van der Waals surface area contributed by atoms with Crippen molar-refractivity contribution in [3.05, 3.63) is 70.7 Å². The van der Waals surface area contributed by atoms with E-state index in [9.17, 15) is 31.5 Å². The number of hydrogen-bond donors (Lipinski definition) is 1. The first kappa shape index (κ1) is 23.3. The number of halogens is 4. The maximum Gasteiger partial charge on any atom is 0.416 e. The quantitative estimate of drug-likeness (QED) is 0.582. The molecule has 6 nitrogen and oxygen atoms in total. The number of amides is 1. The van der Waals surface area contributed by atoms with E-state index < -0.39 is 32.6 Å². The van der Waals surface area contributed by atoms with Crippen molar-refractivity contribution in [1.82, 2.24) is 9.21 Å². The molecule has 174 valence electrons. The van der Waals surface area contributed by atoms with Crippen LogP contribution in [0.1, 0.15) is 15.9 Å². The van der Waals surface area contributed by atoms with Gasteiger partial charge in [-0.15, -0.1) is 0 Å². The van der Waals surface area contributed by atoms with Gasteiger partial charge >= 0.3 is 6.18 Å². The zero-order valence-electron chi connectivity index (χ0n) is 17.0. The summed E-state index contributed by atoms with van der Waals surface area (Å²) >= 11 is 5.91. The Bertz CT molecular complexity index is 1340. The van der Waals surface area contributed by atoms with Crippen molar-refractivity contribution < 1.29 is 31.5 Å². The fourth-order valence-corrected chi connectivity index (χ4v) is 5.64. The van der Waals surface area contributed by atoms with E-state index in [0.717, 1.165) is 21.1 Å². The molecular weight excluding hydrogens is 481 g/mol. The molecule has 4 rings (SSSR count). The van der Waals surface area contributed by atoms with Crippen LogP contribution in [0.2, 0.25) is 5.02 Å². The van der Waals surface area contributed by atoms with Crippen LogP contribution >= 0.6 is 11.6 Å². The molecule has 0 spiro atoms. The van der Waals surface area contributed by atoms with Crippen molar-refractivity contribution >= 4 is 38.3 Å². The minimum Gasteiger partial charge on any atom is -0.507 e. The molecule has 0 aliphatic carbocycles. The monoisotopic (exact) mass is 498 g/mol. The van der Waals surface area contributed by atoms with Gasteiger partial charge in [0.1, 0.15) is 10.6 Å². The van der Waals surface area contributed by atoms with Crippen LogP contribution in [-0.2, 0) is 16.2 Å². The van der Waals surface area contributed by atoms with E-state index >= 15 is 0 Å². The van der Waals surface area contributed by atoms with Gasteiger partial charge in [-0.1, -0.05) is 35.9 Å². The summed E-state index contributed by atoms with van der Waals surface area (Å²) in [4.78, 5) is 13.7. The molecule has 0 aromatic heterocycles. The molecular formula is C22H18ClF3N2O4S. The summed E-state index contributed by atoms with van der Waals surface area (Å²) in [5.41, 5.74) is -1.03. The second kappa shape index (κ2) is 8.51. The Morgan fingerprint density at radius 2 is 1.55 bits per heavy atom. The Labute approximate surface area is 192 Å². The molecule has 0 radical (unpaired) electrons. The number of benzene rings is 3. The Hall–Kier alpha value is -2.82. The predicted molar refractivity (Wildman–Crippen MR) is 117 cm³/mol. The lowest BCUT2D eigenvalue weighted by atomic mass is 10.0. The van der Waals surface area contributed by atoms with Crippen molar-refractivity contribution in [1.29, 1.82) is 0 Å². The van der Waals surface area contributed by atoms with Crippen LogP contribution in [0, 0.1) is 0 Å². The fourth-order valence-electron chi connectivity index (χ4n) is 3.72. The van der Waals surface area contributed by atoms with E-state index in [1.54, 1.807) is 30.3 Å². The number of hydrogen-bond acceptors (Lipinski definition) is 4. The standard InChI is InChI=1S/C22H18ClF3N2O4S/c23-18-6-5-16(22(24,25)26)13-20(18)33(31,32)28-9-7-27(8-10-28)21(30)17-11-14-3-1-2-4-15(14)12-19(17)29/h1-6,11-13,29H,7-10H2. The van der Waals surface area contributed by atoms with Gasteiger partial charge < -0.3 is 10.0 Å². The van der Waals surface area contributed by atoms with Crippen molar-refractivity contribution in [3.8, 4) is 5.75 Å². The molecule has 1 fully saturated rings. The molecule has 1 heterocycles. The van der Waals surface area contributed by atoms with Crippen LogP contribution in [0.15, 0.2) is 59.5 Å². The first-order valence-corrected chi connectivity index (χ1v) is 11.7. The summed E-state index contributed by atoms with van der Waals surface area (Å²) in [7, 11) is -4.31. The highest BCUT2D eigenvalue weighted by Gasteiger charge is 2.36. The highest BCUT2D eigenvalue weighted by molar-refractivity contribution is 7.89. The van der Waals surface area contributed by atoms with Gasteiger partial charge in [-0.3, -0.25) is 4.79 Å². The Morgan fingerprint density at radius 1 is 0.939 bits per heavy atom. The third-order valence-electron chi connectivity index (χ3n) is 5.50. The number of phenols is 1. The highest BCUT2D eigenvalue weighted by Crippen LogP contribution is 2.35. The van der Waals surface area contributed by atoms with Crippen molar-refractivity contribution in [2.24, 2.45) is 0 Å². The average Bonchev–Trinajstić information content (AvgIpc) is 2.77. The molecule has 3 aromatic rings. The summed E-state index contributed by atoms with van der Waals surface area (Å²) in [6.07, 6.45) is -4.72. The van der Waals surface area contributed by atoms with Crippen LogP contribution < -0.4 is 0 Å². The maximum absolute atomic E-state index is 13.0. The van der Waals surface area contributed by atoms with Crippen LogP contribution in [0.5, 0.6) is 5.75 Å². The zero-order valence-corrected chi connectivity index (χ0v) is 18.6. The normalized spacial score (nSPS) is 15.7. The zero-order chi connectivity index (χ0) is 24.0. The van der Waals surface area contributed by atoms with Crippen molar-refractivity contribution in [2.75, 3.05) is 26.2 Å². The Morgan fingerprint density at radius 3 is 2.15 bits per heavy atom. The van der Waals surface area contributed by atoms with Gasteiger partial charge in [-0.25, -0.2) is 8.42 Å². The number of alkyl halides is 3. The number of piperazine rings is 1. The first-order valence-electron chi connectivity index (χ1n) is 9.86. The molecule has 1 aliphatic rings. The summed E-state index contributed by atoms with van der Waals surface area (Å²) < 4.78 is 66.1. The van der Waals surface area contributed by atoms with E-state index in [2.05, 4.69) is 0 Å². The Balaban J connectivity index is 1.53. The molecule has 0 saturated carbocycles. The van der Waals surface area contributed by atoms with Gasteiger partial charge in [-0.05, 0) is 41.1 Å². The molecule has 0 unspecified atom stereocenters. The van der Waals surface area contributed by atoms with Gasteiger partial charge in [0.15, 0.2) is 0 Å². The summed E-state index contributed by atoms with van der Waals surface area (Å²) in [5.74, 6) is -0.656. The molecule has 1 saturated heterocycles. The average molecular weight is 499 g/mol. The highest BCUT2D eigenvalue weighted by atomic mass is 35.5. The number of carbonyl (C=O) groups excluding carboxylic acids is 1. The predicted octanol–water partition coefficient (Wildman–Crippen LogP) is 4.36. The van der Waals surface area contributed by atoms with Gasteiger partial charge in [0, 0.05) is 26.2 Å². The molecule has 0 bridgehead atoms. The minimum absolute atomic E-state index is 0.000904. The van der Waals surface area contributed by atoms with E-state index in [1.807, 2.05) is 0 Å². The molecule has 33 heavy (non-hydrogen) atoms. The molecule has 1 N–H and O–H groups in total. The molecule has 11 heteroatoms. The second-order valence-electron chi connectivity index (χ2n) is 7.56. The lowest BCUT2D eigenvalue weighted by Crippen LogP contribution is -2.50. The number of aromatic hydroxyl groups is 1. The van der Waals surface area contributed by atoms with E-state index in [1.165, 1.54) is 11.0 Å². The van der Waals surface area contributed by atoms with Crippen LogP contribution in [-0.4, -0.2) is 54.8 Å². The van der Waals surface area contributed by atoms with Crippen LogP contribution in [0.4, 0.5) is 13.2 Å². The van der Waals surface area contributed by atoms with Crippen molar-refractivity contribution in [3.63, 3.8) is 0 Å². The third kappa shape index (κ3) is 4.50. The lowest BCUT2D eigenvalue weighted by molar-refractivity contribution is -0.137. The van der Waals surface area contributed by atoms with E-state index in [0.29, 0.717) is 12.1 Å². The second-order valence-corrected chi connectivity index (χ2v) is 9.87.